The van der Waals surface area contributed by atoms with E-state index in [1.54, 1.807) is 24.3 Å². The summed E-state index contributed by atoms with van der Waals surface area (Å²) in [6.45, 7) is 2.57. The number of rotatable bonds is 3. The van der Waals surface area contributed by atoms with E-state index in [1.165, 1.54) is 26.0 Å². The molecule has 0 spiro atoms. The molecule has 25 heavy (non-hydrogen) atoms. The minimum Gasteiger partial charge on any atom is -0.456 e. The lowest BCUT2D eigenvalue weighted by Gasteiger charge is -2.26. The van der Waals surface area contributed by atoms with Crippen LogP contribution in [0.3, 0.4) is 0 Å². The number of halogens is 1. The highest BCUT2D eigenvalue weighted by Gasteiger charge is 2.32. The van der Waals surface area contributed by atoms with Crippen molar-refractivity contribution in [3.8, 4) is 23.0 Å². The van der Waals surface area contributed by atoms with Gasteiger partial charge in [0.15, 0.2) is 0 Å². The van der Waals surface area contributed by atoms with Crippen molar-refractivity contribution in [1.29, 1.82) is 0 Å². The summed E-state index contributed by atoms with van der Waals surface area (Å²) in [7, 11) is 0. The van der Waals surface area contributed by atoms with Gasteiger partial charge in [-0.1, -0.05) is 12.1 Å². The number of hydrogen-bond acceptors (Lipinski definition) is 6. The van der Waals surface area contributed by atoms with Crippen molar-refractivity contribution in [2.24, 2.45) is 0 Å². The number of fused-ring (bicyclic) bond motifs is 2. The number of carbonyl (C=O) groups excluding carboxylic acids is 3. The summed E-state index contributed by atoms with van der Waals surface area (Å²) in [4.78, 5) is 34.2. The van der Waals surface area contributed by atoms with E-state index < -0.39 is 23.1 Å². The first-order valence-electron chi connectivity index (χ1n) is 7.37. The summed E-state index contributed by atoms with van der Waals surface area (Å²) in [5.41, 5.74) is 1.12. The van der Waals surface area contributed by atoms with Gasteiger partial charge in [-0.2, -0.15) is 0 Å². The molecule has 0 N–H and O–H groups in total. The normalized spacial score (nSPS) is 12.4. The Balaban J connectivity index is 2.06. The van der Waals surface area contributed by atoms with Crippen LogP contribution in [0.4, 0.5) is 0 Å². The monoisotopic (exact) mass is 360 g/mol. The molecule has 0 bridgehead atoms. The molecule has 0 saturated carbocycles. The summed E-state index contributed by atoms with van der Waals surface area (Å²) >= 11 is 5.80. The first-order chi connectivity index (χ1) is 11.8. The van der Waals surface area contributed by atoms with Gasteiger partial charge in [-0.05, 0) is 23.7 Å². The lowest BCUT2D eigenvalue weighted by atomic mass is 9.89. The Morgan fingerprint density at radius 1 is 0.880 bits per heavy atom. The molecule has 1 aliphatic rings. The summed E-state index contributed by atoms with van der Waals surface area (Å²) in [5, 5.41) is -0.578. The van der Waals surface area contributed by atoms with E-state index in [1.807, 2.05) is 0 Å². The standard InChI is InChI=1S/C18H13ClO6/c1-9(20)23-11-3-5-13-15(7-11)25-16-8-12(24-10(2)21)4-6-14(16)17(13)18(19)22/h3-8,17H,1-2H3. The molecule has 128 valence electrons. The molecule has 7 heteroatoms. The van der Waals surface area contributed by atoms with Gasteiger partial charge < -0.3 is 14.2 Å². The van der Waals surface area contributed by atoms with Crippen LogP contribution < -0.4 is 14.2 Å². The van der Waals surface area contributed by atoms with Gasteiger partial charge in [-0.3, -0.25) is 14.4 Å². The molecule has 0 unspecified atom stereocenters. The van der Waals surface area contributed by atoms with Crippen LogP contribution in [0.5, 0.6) is 23.0 Å². The van der Waals surface area contributed by atoms with Crippen molar-refractivity contribution >= 4 is 28.8 Å². The number of benzene rings is 2. The smallest absolute Gasteiger partial charge is 0.308 e. The van der Waals surface area contributed by atoms with Crippen LogP contribution in [0.2, 0.25) is 0 Å². The SMILES string of the molecule is CC(=O)Oc1ccc2c(c1)Oc1cc(OC(C)=O)ccc1C2C(=O)Cl. The molecule has 0 aromatic heterocycles. The van der Waals surface area contributed by atoms with Crippen molar-refractivity contribution in [3.63, 3.8) is 0 Å². The zero-order valence-corrected chi connectivity index (χ0v) is 14.1. The van der Waals surface area contributed by atoms with Crippen molar-refractivity contribution in [1.82, 2.24) is 0 Å². The van der Waals surface area contributed by atoms with E-state index in [0.717, 1.165) is 0 Å². The minimum absolute atomic E-state index is 0.284. The minimum atomic E-state index is -0.738. The van der Waals surface area contributed by atoms with E-state index in [-0.39, 0.29) is 11.5 Å². The molecule has 0 fully saturated rings. The maximum atomic E-state index is 12.0. The topological polar surface area (TPSA) is 78.9 Å². The summed E-state index contributed by atoms with van der Waals surface area (Å²) in [6, 6.07) is 9.39. The van der Waals surface area contributed by atoms with Crippen LogP contribution in [0.25, 0.3) is 0 Å². The third-order valence-corrected chi connectivity index (χ3v) is 3.78. The Morgan fingerprint density at radius 2 is 1.32 bits per heavy atom. The number of esters is 2. The highest BCUT2D eigenvalue weighted by atomic mass is 35.5. The fourth-order valence-electron chi connectivity index (χ4n) is 2.67. The zero-order valence-electron chi connectivity index (χ0n) is 13.4. The highest BCUT2D eigenvalue weighted by Crippen LogP contribution is 2.47. The Bertz CT molecular complexity index is 824. The lowest BCUT2D eigenvalue weighted by Crippen LogP contribution is -2.16. The third kappa shape index (κ3) is 3.49. The number of carbonyl (C=O) groups is 3. The van der Waals surface area contributed by atoms with Crippen LogP contribution >= 0.6 is 11.6 Å². The first-order valence-corrected chi connectivity index (χ1v) is 7.75. The summed E-state index contributed by atoms with van der Waals surface area (Å²) < 4.78 is 15.9. The highest BCUT2D eigenvalue weighted by molar-refractivity contribution is 6.65. The average molecular weight is 361 g/mol. The number of hydrogen-bond donors (Lipinski definition) is 0. The second-order valence-electron chi connectivity index (χ2n) is 5.43. The molecule has 3 rings (SSSR count). The van der Waals surface area contributed by atoms with Crippen molar-refractivity contribution < 1.29 is 28.6 Å². The molecule has 2 aromatic carbocycles. The van der Waals surface area contributed by atoms with Crippen molar-refractivity contribution in [2.75, 3.05) is 0 Å². The second kappa shape index (κ2) is 6.57. The quantitative estimate of drug-likeness (QED) is 0.473. The van der Waals surface area contributed by atoms with E-state index in [4.69, 9.17) is 25.8 Å². The van der Waals surface area contributed by atoms with Gasteiger partial charge in [-0.25, -0.2) is 0 Å². The Hall–Kier alpha value is -2.86. The van der Waals surface area contributed by atoms with Crippen LogP contribution in [-0.4, -0.2) is 17.2 Å². The molecule has 0 aliphatic carbocycles. The average Bonchev–Trinajstić information content (AvgIpc) is 2.50. The zero-order chi connectivity index (χ0) is 18.1. The van der Waals surface area contributed by atoms with Gasteiger partial charge in [-0.15, -0.1) is 0 Å². The van der Waals surface area contributed by atoms with E-state index in [0.29, 0.717) is 22.6 Å². The van der Waals surface area contributed by atoms with Crippen molar-refractivity contribution in [2.45, 2.75) is 19.8 Å². The molecule has 0 radical (unpaired) electrons. The van der Waals surface area contributed by atoms with Gasteiger partial charge in [0.1, 0.15) is 23.0 Å². The molecule has 2 aromatic rings. The van der Waals surface area contributed by atoms with E-state index in [2.05, 4.69) is 0 Å². The molecule has 0 saturated heterocycles. The lowest BCUT2D eigenvalue weighted by molar-refractivity contribution is -0.132. The second-order valence-corrected chi connectivity index (χ2v) is 5.80. The Kier molecular flexibility index (Phi) is 4.46. The van der Waals surface area contributed by atoms with Crippen LogP contribution in [0.15, 0.2) is 36.4 Å². The molecule has 0 atom stereocenters. The predicted octanol–water partition coefficient (Wildman–Crippen LogP) is 3.54. The molecular weight excluding hydrogens is 348 g/mol. The molecule has 6 nitrogen and oxygen atoms in total. The van der Waals surface area contributed by atoms with Crippen LogP contribution in [0, 0.1) is 0 Å². The number of ether oxygens (including phenoxy) is 3. The first kappa shape index (κ1) is 17.0. The maximum Gasteiger partial charge on any atom is 0.308 e. The van der Waals surface area contributed by atoms with Gasteiger partial charge in [0.25, 0.3) is 0 Å². The maximum absolute atomic E-state index is 12.0. The third-order valence-electron chi connectivity index (χ3n) is 3.56. The molecule has 1 heterocycles. The van der Waals surface area contributed by atoms with Crippen molar-refractivity contribution in [3.05, 3.63) is 47.5 Å². The molecule has 1 aliphatic heterocycles. The summed E-state index contributed by atoms with van der Waals surface area (Å²) in [5.74, 6) is -0.441. The van der Waals surface area contributed by atoms with Gasteiger partial charge in [0, 0.05) is 37.1 Å². The Labute approximate surface area is 148 Å². The fraction of sp³-hybridized carbons (Fsp3) is 0.167. The Morgan fingerprint density at radius 3 is 1.68 bits per heavy atom. The van der Waals surface area contributed by atoms with E-state index in [9.17, 15) is 14.4 Å². The van der Waals surface area contributed by atoms with E-state index >= 15 is 0 Å². The fourth-order valence-corrected chi connectivity index (χ4v) is 2.91. The molecular formula is C18H13ClO6. The molecule has 0 amide bonds. The van der Waals surface area contributed by atoms with Crippen LogP contribution in [-0.2, 0) is 14.4 Å². The predicted molar refractivity (Wildman–Crippen MR) is 88.3 cm³/mol. The summed E-state index contributed by atoms with van der Waals surface area (Å²) in [6.07, 6.45) is 0. The van der Waals surface area contributed by atoms with Gasteiger partial charge in [0.2, 0.25) is 5.24 Å². The largest absolute Gasteiger partial charge is 0.456 e. The van der Waals surface area contributed by atoms with Crippen LogP contribution in [0.1, 0.15) is 30.9 Å². The van der Waals surface area contributed by atoms with Gasteiger partial charge >= 0.3 is 11.9 Å². The van der Waals surface area contributed by atoms with Gasteiger partial charge in [0.05, 0.1) is 5.92 Å².